The number of benzene rings is 5. The molecular formula is C39H33N. The predicted molar refractivity (Wildman–Crippen MR) is 171 cm³/mol. The Morgan fingerprint density at radius 3 is 1.77 bits per heavy atom. The SMILES string of the molecule is CC(C)(C)c1ccc(-c2c3ccccc3c(C3=Cc4ccc(-c5ccccn5)cc4CC3)c3ccccc23)cc1. The second-order valence-corrected chi connectivity index (χ2v) is 12.0. The van der Waals surface area contributed by atoms with Crippen molar-refractivity contribution in [3.8, 4) is 22.4 Å². The topological polar surface area (TPSA) is 12.9 Å². The zero-order valence-electron chi connectivity index (χ0n) is 23.4. The molecule has 0 atom stereocenters. The fourth-order valence-corrected chi connectivity index (χ4v) is 6.30. The molecule has 5 aromatic carbocycles. The van der Waals surface area contributed by atoms with Gasteiger partial charge in [0.25, 0.3) is 0 Å². The predicted octanol–water partition coefficient (Wildman–Crippen LogP) is 10.5. The van der Waals surface area contributed by atoms with Crippen LogP contribution < -0.4 is 0 Å². The van der Waals surface area contributed by atoms with Crippen LogP contribution in [0.5, 0.6) is 0 Å². The highest BCUT2D eigenvalue weighted by Gasteiger charge is 2.21. The lowest BCUT2D eigenvalue weighted by atomic mass is 9.81. The summed E-state index contributed by atoms with van der Waals surface area (Å²) in [6.45, 7) is 6.82. The van der Waals surface area contributed by atoms with Gasteiger partial charge in [-0.15, -0.1) is 0 Å². The summed E-state index contributed by atoms with van der Waals surface area (Å²) in [5.41, 5.74) is 11.8. The summed E-state index contributed by atoms with van der Waals surface area (Å²) in [5.74, 6) is 0. The van der Waals surface area contributed by atoms with Gasteiger partial charge in [-0.05, 0) is 97.0 Å². The molecule has 0 bridgehead atoms. The van der Waals surface area contributed by atoms with Gasteiger partial charge in [0.05, 0.1) is 5.69 Å². The van der Waals surface area contributed by atoms with Crippen molar-refractivity contribution in [3.05, 3.63) is 138 Å². The average molecular weight is 516 g/mol. The molecule has 0 fully saturated rings. The van der Waals surface area contributed by atoms with Gasteiger partial charge in [0, 0.05) is 11.8 Å². The van der Waals surface area contributed by atoms with Crippen molar-refractivity contribution in [2.45, 2.75) is 39.0 Å². The standard InChI is InChI=1S/C39H33N/c1-39(2,3)31-21-19-26(20-22-31)37-32-10-4-6-12-34(32)38(35-13-7-5-11-33(35)37)30-18-16-27-24-29(17-15-28(27)25-30)36-14-8-9-23-40-36/h4-15,17,19-25H,16,18H2,1-3H3. The first-order valence-corrected chi connectivity index (χ1v) is 14.3. The molecule has 0 aliphatic heterocycles. The Balaban J connectivity index is 1.41. The Kier molecular flexibility index (Phi) is 5.90. The Hall–Kier alpha value is -4.49. The van der Waals surface area contributed by atoms with Gasteiger partial charge in [-0.25, -0.2) is 0 Å². The fraction of sp³-hybridized carbons (Fsp3) is 0.154. The lowest BCUT2D eigenvalue weighted by molar-refractivity contribution is 0.590. The molecule has 7 rings (SSSR count). The van der Waals surface area contributed by atoms with Crippen LogP contribution in [0.3, 0.4) is 0 Å². The number of fused-ring (bicyclic) bond motifs is 3. The molecule has 40 heavy (non-hydrogen) atoms. The van der Waals surface area contributed by atoms with Crippen LogP contribution in [0.2, 0.25) is 0 Å². The van der Waals surface area contributed by atoms with Crippen molar-refractivity contribution in [1.29, 1.82) is 0 Å². The van der Waals surface area contributed by atoms with Crippen LogP contribution in [-0.4, -0.2) is 4.98 Å². The number of nitrogens with zero attached hydrogens (tertiary/aromatic N) is 1. The summed E-state index contributed by atoms with van der Waals surface area (Å²) in [7, 11) is 0. The van der Waals surface area contributed by atoms with Crippen molar-refractivity contribution >= 4 is 33.2 Å². The zero-order valence-corrected chi connectivity index (χ0v) is 23.4. The Morgan fingerprint density at radius 2 is 1.18 bits per heavy atom. The maximum atomic E-state index is 4.56. The highest BCUT2D eigenvalue weighted by Crippen LogP contribution is 2.44. The summed E-state index contributed by atoms with van der Waals surface area (Å²) in [6.07, 6.45) is 6.34. The Bertz CT molecular complexity index is 1840. The molecule has 1 aromatic heterocycles. The van der Waals surface area contributed by atoms with E-state index in [-0.39, 0.29) is 5.41 Å². The van der Waals surface area contributed by atoms with E-state index in [4.69, 9.17) is 0 Å². The normalized spacial score (nSPS) is 13.3. The lowest BCUT2D eigenvalue weighted by Gasteiger charge is -2.23. The number of aromatic nitrogens is 1. The molecule has 0 radical (unpaired) electrons. The minimum atomic E-state index is 0.134. The summed E-state index contributed by atoms with van der Waals surface area (Å²) in [4.78, 5) is 4.56. The van der Waals surface area contributed by atoms with Gasteiger partial charge in [0.2, 0.25) is 0 Å². The molecular weight excluding hydrogens is 482 g/mol. The van der Waals surface area contributed by atoms with Gasteiger partial charge in [-0.3, -0.25) is 4.98 Å². The van der Waals surface area contributed by atoms with Crippen LogP contribution in [0.15, 0.2) is 115 Å². The second kappa shape index (κ2) is 9.61. The third-order valence-corrected chi connectivity index (χ3v) is 8.39. The van der Waals surface area contributed by atoms with Crippen molar-refractivity contribution in [1.82, 2.24) is 4.98 Å². The number of hydrogen-bond donors (Lipinski definition) is 0. The highest BCUT2D eigenvalue weighted by molar-refractivity contribution is 6.19. The molecule has 1 nitrogen and oxygen atoms in total. The molecule has 1 aliphatic rings. The second-order valence-electron chi connectivity index (χ2n) is 12.0. The number of hydrogen-bond acceptors (Lipinski definition) is 1. The van der Waals surface area contributed by atoms with E-state index in [1.54, 1.807) is 0 Å². The third kappa shape index (κ3) is 4.23. The largest absolute Gasteiger partial charge is 0.256 e. The molecule has 0 saturated carbocycles. The monoisotopic (exact) mass is 515 g/mol. The van der Waals surface area contributed by atoms with E-state index in [2.05, 4.69) is 135 Å². The van der Waals surface area contributed by atoms with Gasteiger partial charge < -0.3 is 0 Å². The van der Waals surface area contributed by atoms with E-state index in [1.807, 2.05) is 12.3 Å². The van der Waals surface area contributed by atoms with E-state index in [0.29, 0.717) is 0 Å². The number of pyridine rings is 1. The molecule has 0 saturated heterocycles. The van der Waals surface area contributed by atoms with Gasteiger partial charge >= 0.3 is 0 Å². The van der Waals surface area contributed by atoms with E-state index in [0.717, 1.165) is 18.5 Å². The summed E-state index contributed by atoms with van der Waals surface area (Å²) in [6, 6.07) is 40.1. The average Bonchev–Trinajstić information content (AvgIpc) is 2.99. The van der Waals surface area contributed by atoms with Crippen molar-refractivity contribution in [3.63, 3.8) is 0 Å². The van der Waals surface area contributed by atoms with Crippen LogP contribution in [0, 0.1) is 0 Å². The third-order valence-electron chi connectivity index (χ3n) is 8.39. The van der Waals surface area contributed by atoms with E-state index < -0.39 is 0 Å². The minimum absolute atomic E-state index is 0.134. The first-order chi connectivity index (χ1) is 19.5. The maximum Gasteiger partial charge on any atom is 0.0702 e. The number of rotatable bonds is 3. The summed E-state index contributed by atoms with van der Waals surface area (Å²) >= 11 is 0. The molecule has 194 valence electrons. The summed E-state index contributed by atoms with van der Waals surface area (Å²) < 4.78 is 0. The van der Waals surface area contributed by atoms with Crippen LogP contribution in [0.1, 0.15) is 49.4 Å². The maximum absolute atomic E-state index is 4.56. The van der Waals surface area contributed by atoms with Crippen LogP contribution in [0.25, 0.3) is 55.6 Å². The lowest BCUT2D eigenvalue weighted by Crippen LogP contribution is -2.10. The van der Waals surface area contributed by atoms with Crippen molar-refractivity contribution in [2.24, 2.45) is 0 Å². The Morgan fingerprint density at radius 1 is 0.575 bits per heavy atom. The number of aryl methyl sites for hydroxylation is 1. The van der Waals surface area contributed by atoms with Crippen LogP contribution in [0.4, 0.5) is 0 Å². The van der Waals surface area contributed by atoms with Crippen LogP contribution in [-0.2, 0) is 11.8 Å². The van der Waals surface area contributed by atoms with Gasteiger partial charge in [0.1, 0.15) is 0 Å². The molecule has 1 heterocycles. The number of allylic oxidation sites excluding steroid dienone is 1. The smallest absolute Gasteiger partial charge is 0.0702 e. The zero-order chi connectivity index (χ0) is 27.3. The molecule has 0 spiro atoms. The summed E-state index contributed by atoms with van der Waals surface area (Å²) in [5, 5.41) is 5.29. The molecule has 0 N–H and O–H groups in total. The molecule has 0 unspecified atom stereocenters. The van der Waals surface area contributed by atoms with E-state index >= 15 is 0 Å². The molecule has 6 aromatic rings. The van der Waals surface area contributed by atoms with Crippen molar-refractivity contribution < 1.29 is 0 Å². The highest BCUT2D eigenvalue weighted by atomic mass is 14.7. The quantitative estimate of drug-likeness (QED) is 0.214. The molecule has 1 heteroatoms. The van der Waals surface area contributed by atoms with Gasteiger partial charge in [0.15, 0.2) is 0 Å². The molecule has 0 amide bonds. The minimum Gasteiger partial charge on any atom is -0.256 e. The van der Waals surface area contributed by atoms with Crippen LogP contribution >= 0.6 is 0 Å². The Labute approximate surface area is 236 Å². The van der Waals surface area contributed by atoms with Gasteiger partial charge in [-0.1, -0.05) is 118 Å². The molecule has 1 aliphatic carbocycles. The fourth-order valence-electron chi connectivity index (χ4n) is 6.30. The van der Waals surface area contributed by atoms with Crippen molar-refractivity contribution in [2.75, 3.05) is 0 Å². The van der Waals surface area contributed by atoms with E-state index in [9.17, 15) is 0 Å². The first kappa shape index (κ1) is 24.5. The van der Waals surface area contributed by atoms with E-state index in [1.165, 1.54) is 66.1 Å². The van der Waals surface area contributed by atoms with Gasteiger partial charge in [-0.2, -0.15) is 0 Å². The first-order valence-electron chi connectivity index (χ1n) is 14.3.